The minimum Gasteiger partial charge on any atom is -0.135 e. The Hall–Kier alpha value is 0.150. The highest BCUT2D eigenvalue weighted by molar-refractivity contribution is 8.91. The van der Waals surface area contributed by atoms with Crippen molar-refractivity contribution in [2.24, 2.45) is 0 Å². The lowest BCUT2D eigenvalue weighted by Crippen LogP contribution is -2.40. The van der Waals surface area contributed by atoms with Crippen LogP contribution in [0.2, 0.25) is 0 Å². The van der Waals surface area contributed by atoms with Crippen molar-refractivity contribution in [3.63, 3.8) is 0 Å². The molecule has 0 amide bonds. The van der Waals surface area contributed by atoms with Crippen molar-refractivity contribution in [1.29, 1.82) is 0 Å². The number of hydrogen-bond acceptors (Lipinski definition) is 0. The summed E-state index contributed by atoms with van der Waals surface area (Å²) in [4.78, 5) is 1.04. The third-order valence-electron chi connectivity index (χ3n) is 3.50. The van der Waals surface area contributed by atoms with E-state index in [0.29, 0.717) is 0 Å². The molecule has 0 aromatic heterocycles. The van der Waals surface area contributed by atoms with Crippen LogP contribution in [0, 0.1) is 0 Å². The topological polar surface area (TPSA) is 0 Å². The van der Waals surface area contributed by atoms with Gasteiger partial charge in [0.2, 0.25) is 0 Å². The van der Waals surface area contributed by atoms with Gasteiger partial charge in [-0.25, -0.2) is 0 Å². The summed E-state index contributed by atoms with van der Waals surface area (Å²) < 4.78 is -0.176. The summed E-state index contributed by atoms with van der Waals surface area (Å²) in [5, 5.41) is 0. The van der Waals surface area contributed by atoms with Gasteiger partial charge in [-0.15, -0.1) is 6.72 Å². The fraction of sp³-hybridized carbons (Fsp3) is 0.500. The van der Waals surface area contributed by atoms with E-state index in [-0.39, 0.29) is 4.75 Å². The Morgan fingerprint density at radius 2 is 1.33 bits per heavy atom. The number of benzene rings is 1. The molecule has 0 unspecified atom stereocenters. The Balaban J connectivity index is 3.58. The average Bonchev–Trinajstić information content (AvgIpc) is 2.02. The second-order valence-electron chi connectivity index (χ2n) is 5.74. The summed E-state index contributed by atoms with van der Waals surface area (Å²) in [6.07, 6.45) is 4.00. The largest absolute Gasteiger partial charge is 0.135 e. The summed E-state index contributed by atoms with van der Waals surface area (Å²) in [7, 11) is 13.9. The van der Waals surface area contributed by atoms with Crippen molar-refractivity contribution in [2.75, 3.05) is 12.5 Å². The van der Waals surface area contributed by atoms with Crippen LogP contribution in [0.15, 0.2) is 35.2 Å². The first-order valence-electron chi connectivity index (χ1n) is 4.94. The van der Waals surface area contributed by atoms with Crippen LogP contribution in [0.4, 0.5) is 0 Å². The summed E-state index contributed by atoms with van der Waals surface area (Å²) in [6.45, 7) is 3.04. The third kappa shape index (κ3) is 1.90. The van der Waals surface area contributed by atoms with Gasteiger partial charge in [-0.3, -0.25) is 0 Å². The van der Waals surface area contributed by atoms with E-state index in [1.54, 1.807) is 0 Å². The fourth-order valence-corrected chi connectivity index (χ4v) is 3.58. The molecule has 0 fully saturated rings. The lowest BCUT2D eigenvalue weighted by Gasteiger charge is -2.72. The van der Waals surface area contributed by atoms with Crippen LogP contribution >= 0.6 is 28.1 Å². The van der Waals surface area contributed by atoms with E-state index >= 15 is 0 Å². The van der Waals surface area contributed by atoms with Crippen molar-refractivity contribution in [1.82, 2.24) is 0 Å². The quantitative estimate of drug-likeness (QED) is 0.648. The zero-order chi connectivity index (χ0) is 12.0. The maximum Gasteiger partial charge on any atom is 0.00524 e. The fourth-order valence-electron chi connectivity index (χ4n) is 1.22. The van der Waals surface area contributed by atoms with Gasteiger partial charge in [-0.1, -0.05) is 60.3 Å². The Morgan fingerprint density at radius 1 is 0.933 bits per heavy atom. The molecule has 0 aliphatic carbocycles. The van der Waals surface area contributed by atoms with E-state index < -0.39 is 6.72 Å². The molecule has 88 valence electrons. The Bertz CT molecular complexity index is 366. The lowest BCUT2D eigenvalue weighted by molar-refractivity contribution is 0.778. The lowest BCUT2D eigenvalue weighted by atomic mass is 10.3. The molecule has 0 radical (unpaired) electrons. The third-order valence-corrected chi connectivity index (χ3v) is 13.1. The van der Waals surface area contributed by atoms with Crippen molar-refractivity contribution < 1.29 is 0 Å². The molecular weight excluding hydrogens is 247 g/mol. The molecule has 0 saturated carbocycles. The SMILES string of the molecule is CC(C)(C)S(C)(C)(Cl)(Cl)c1ccccc1. The number of halogens is 2. The van der Waals surface area contributed by atoms with Gasteiger partial charge in [0.1, 0.15) is 0 Å². The van der Waals surface area contributed by atoms with Crippen LogP contribution in [0.5, 0.6) is 0 Å². The highest BCUT2D eigenvalue weighted by atomic mass is 36.0. The molecule has 0 saturated heterocycles. The second-order valence-corrected chi connectivity index (χ2v) is 19.0. The van der Waals surface area contributed by atoms with E-state index in [1.165, 1.54) is 0 Å². The average molecular weight is 267 g/mol. The Morgan fingerprint density at radius 3 is 1.67 bits per heavy atom. The van der Waals surface area contributed by atoms with Crippen molar-refractivity contribution in [3.8, 4) is 0 Å². The highest BCUT2D eigenvalue weighted by Gasteiger charge is 2.59. The smallest absolute Gasteiger partial charge is 0.00524 e. The van der Waals surface area contributed by atoms with Crippen LogP contribution in [0.3, 0.4) is 0 Å². The van der Waals surface area contributed by atoms with Gasteiger partial charge in [0, 0.05) is 9.64 Å². The van der Waals surface area contributed by atoms with Crippen LogP contribution in [0.1, 0.15) is 20.8 Å². The predicted octanol–water partition coefficient (Wildman–Crippen LogP) is 5.29. The first kappa shape index (κ1) is 13.2. The van der Waals surface area contributed by atoms with Crippen LogP contribution in [0.25, 0.3) is 0 Å². The van der Waals surface area contributed by atoms with Gasteiger partial charge >= 0.3 is 0 Å². The standard InChI is InChI=1S/C12H20Cl2S/c1-12(2,3)15(4,5,13,14)11-9-7-6-8-10-11/h6-10H,1-5H3. The molecule has 0 N–H and O–H groups in total. The molecule has 0 atom stereocenters. The van der Waals surface area contributed by atoms with Crippen molar-refractivity contribution >= 4 is 28.1 Å². The van der Waals surface area contributed by atoms with E-state index in [9.17, 15) is 0 Å². The molecule has 0 aliphatic heterocycles. The molecule has 15 heavy (non-hydrogen) atoms. The number of hydrogen-bond donors (Lipinski definition) is 0. The summed E-state index contributed by atoms with van der Waals surface area (Å²) >= 11 is 0. The summed E-state index contributed by atoms with van der Waals surface area (Å²) in [5.74, 6) is 0. The molecule has 0 aliphatic rings. The van der Waals surface area contributed by atoms with Gasteiger partial charge in [-0.2, -0.15) is 0 Å². The molecule has 0 bridgehead atoms. The zero-order valence-electron chi connectivity index (χ0n) is 10.1. The van der Waals surface area contributed by atoms with E-state index in [4.69, 9.17) is 21.4 Å². The van der Waals surface area contributed by atoms with Crippen LogP contribution < -0.4 is 0 Å². The van der Waals surface area contributed by atoms with E-state index in [1.807, 2.05) is 42.8 Å². The molecule has 0 heterocycles. The van der Waals surface area contributed by atoms with Gasteiger partial charge < -0.3 is 0 Å². The first-order valence-corrected chi connectivity index (χ1v) is 9.86. The van der Waals surface area contributed by atoms with Crippen LogP contribution in [-0.2, 0) is 0 Å². The van der Waals surface area contributed by atoms with Gasteiger partial charge in [-0.05, 0) is 24.6 Å². The van der Waals surface area contributed by atoms with E-state index in [2.05, 4.69) is 20.8 Å². The summed E-state index contributed by atoms with van der Waals surface area (Å²) in [5.41, 5.74) is 0. The number of rotatable bonds is 1. The Kier molecular flexibility index (Phi) is 2.54. The normalized spacial score (nSPS) is 18.1. The molecule has 3 heteroatoms. The minimum atomic E-state index is -3.26. The van der Waals surface area contributed by atoms with Crippen molar-refractivity contribution in [3.05, 3.63) is 30.3 Å². The van der Waals surface area contributed by atoms with Crippen LogP contribution in [-0.4, -0.2) is 17.3 Å². The Labute approximate surface area is 101 Å². The molecule has 1 rings (SSSR count). The van der Waals surface area contributed by atoms with E-state index in [0.717, 1.165) is 4.90 Å². The second kappa shape index (κ2) is 2.88. The monoisotopic (exact) mass is 266 g/mol. The van der Waals surface area contributed by atoms with Crippen molar-refractivity contribution in [2.45, 2.75) is 30.4 Å². The molecule has 0 nitrogen and oxygen atoms in total. The molecular formula is C12H20Cl2S. The first-order chi connectivity index (χ1) is 6.39. The highest BCUT2D eigenvalue weighted by Crippen LogP contribution is 3.02. The minimum absolute atomic E-state index is 0.176. The maximum atomic E-state index is 6.93. The van der Waals surface area contributed by atoms with Gasteiger partial charge in [0.05, 0.1) is 0 Å². The van der Waals surface area contributed by atoms with Gasteiger partial charge in [0.25, 0.3) is 0 Å². The van der Waals surface area contributed by atoms with Gasteiger partial charge in [0.15, 0.2) is 0 Å². The molecule has 1 aromatic carbocycles. The predicted molar refractivity (Wildman–Crippen MR) is 75.6 cm³/mol. The molecule has 0 spiro atoms. The zero-order valence-corrected chi connectivity index (χ0v) is 12.4. The summed E-state index contributed by atoms with van der Waals surface area (Å²) in [6, 6.07) is 9.99. The molecule has 1 aromatic rings. The maximum absolute atomic E-state index is 6.93.